The fourth-order valence-corrected chi connectivity index (χ4v) is 1.88. The Morgan fingerprint density at radius 3 is 2.45 bits per heavy atom. The van der Waals surface area contributed by atoms with Gasteiger partial charge in [-0.25, -0.2) is 0 Å². The predicted octanol–water partition coefficient (Wildman–Crippen LogP) is 3.10. The van der Waals surface area contributed by atoms with Crippen LogP contribution in [-0.2, 0) is 9.47 Å². The van der Waals surface area contributed by atoms with Crippen LogP contribution in [-0.4, -0.2) is 40.1 Å². The zero-order valence-corrected chi connectivity index (χ0v) is 13.2. The zero-order chi connectivity index (χ0) is 15.0. The number of hydrogen-bond acceptors (Lipinski definition) is 4. The molecule has 0 heterocycles. The molecule has 1 unspecified atom stereocenters. The lowest BCUT2D eigenvalue weighted by atomic mass is 10.0. The SMILES string of the molecule is COCCOc1cc(C)ccc1NC(COC)C(C)C. The van der Waals surface area contributed by atoms with Crippen molar-refractivity contribution in [2.75, 3.05) is 39.4 Å². The molecule has 1 aromatic carbocycles. The molecule has 0 spiro atoms. The number of rotatable bonds is 9. The van der Waals surface area contributed by atoms with Crippen molar-refractivity contribution in [2.24, 2.45) is 5.92 Å². The minimum Gasteiger partial charge on any atom is -0.489 e. The fourth-order valence-electron chi connectivity index (χ4n) is 1.88. The molecule has 0 bridgehead atoms. The Labute approximate surface area is 122 Å². The van der Waals surface area contributed by atoms with Gasteiger partial charge in [0.05, 0.1) is 24.9 Å². The third-order valence-corrected chi connectivity index (χ3v) is 3.17. The van der Waals surface area contributed by atoms with Gasteiger partial charge < -0.3 is 19.5 Å². The van der Waals surface area contributed by atoms with E-state index in [1.54, 1.807) is 14.2 Å². The van der Waals surface area contributed by atoms with Crippen molar-refractivity contribution < 1.29 is 14.2 Å². The van der Waals surface area contributed by atoms with Crippen LogP contribution in [0.1, 0.15) is 19.4 Å². The van der Waals surface area contributed by atoms with Crippen molar-refractivity contribution in [3.05, 3.63) is 23.8 Å². The summed E-state index contributed by atoms with van der Waals surface area (Å²) in [6.07, 6.45) is 0. The Kier molecular flexibility index (Phi) is 7.41. The van der Waals surface area contributed by atoms with Crippen molar-refractivity contribution >= 4 is 5.69 Å². The first-order chi connectivity index (χ1) is 9.58. The molecule has 0 saturated carbocycles. The van der Waals surface area contributed by atoms with Gasteiger partial charge in [0.25, 0.3) is 0 Å². The molecule has 0 radical (unpaired) electrons. The van der Waals surface area contributed by atoms with Gasteiger partial charge in [-0.15, -0.1) is 0 Å². The van der Waals surface area contributed by atoms with Crippen LogP contribution in [0.5, 0.6) is 5.75 Å². The average Bonchev–Trinajstić information content (AvgIpc) is 2.41. The van der Waals surface area contributed by atoms with E-state index in [1.807, 2.05) is 6.07 Å². The van der Waals surface area contributed by atoms with Crippen LogP contribution in [0.4, 0.5) is 5.69 Å². The minimum atomic E-state index is 0.257. The third kappa shape index (κ3) is 5.39. The molecule has 20 heavy (non-hydrogen) atoms. The van der Waals surface area contributed by atoms with Crippen LogP contribution in [0.2, 0.25) is 0 Å². The molecule has 4 nitrogen and oxygen atoms in total. The summed E-state index contributed by atoms with van der Waals surface area (Å²) in [7, 11) is 3.40. The second-order valence-electron chi connectivity index (χ2n) is 5.29. The first-order valence-corrected chi connectivity index (χ1v) is 7.06. The molecule has 0 amide bonds. The fraction of sp³-hybridized carbons (Fsp3) is 0.625. The molecule has 0 aliphatic heterocycles. The van der Waals surface area contributed by atoms with Crippen LogP contribution >= 0.6 is 0 Å². The summed E-state index contributed by atoms with van der Waals surface area (Å²) in [6, 6.07) is 6.44. The second-order valence-corrected chi connectivity index (χ2v) is 5.29. The summed E-state index contributed by atoms with van der Waals surface area (Å²) in [5.74, 6) is 1.34. The van der Waals surface area contributed by atoms with Gasteiger partial charge in [-0.05, 0) is 30.5 Å². The summed E-state index contributed by atoms with van der Waals surface area (Å²) in [5, 5.41) is 3.51. The lowest BCUT2D eigenvalue weighted by Gasteiger charge is -2.24. The summed E-state index contributed by atoms with van der Waals surface area (Å²) >= 11 is 0. The maximum atomic E-state index is 5.79. The van der Waals surface area contributed by atoms with Crippen LogP contribution in [0.15, 0.2) is 18.2 Å². The molecule has 0 fully saturated rings. The topological polar surface area (TPSA) is 39.7 Å². The van der Waals surface area contributed by atoms with Gasteiger partial charge in [-0.1, -0.05) is 19.9 Å². The van der Waals surface area contributed by atoms with E-state index < -0.39 is 0 Å². The maximum absolute atomic E-state index is 5.79. The van der Waals surface area contributed by atoms with Gasteiger partial charge in [-0.2, -0.15) is 0 Å². The molecule has 1 rings (SSSR count). The Morgan fingerprint density at radius 2 is 1.85 bits per heavy atom. The third-order valence-electron chi connectivity index (χ3n) is 3.17. The van der Waals surface area contributed by atoms with E-state index in [1.165, 1.54) is 5.56 Å². The Hall–Kier alpha value is -1.26. The van der Waals surface area contributed by atoms with Gasteiger partial charge in [0.1, 0.15) is 12.4 Å². The molecule has 4 heteroatoms. The molecular formula is C16H27NO3. The van der Waals surface area contributed by atoms with E-state index in [-0.39, 0.29) is 6.04 Å². The summed E-state index contributed by atoms with van der Waals surface area (Å²) in [5.41, 5.74) is 2.18. The van der Waals surface area contributed by atoms with E-state index in [0.29, 0.717) is 25.7 Å². The van der Waals surface area contributed by atoms with Crippen molar-refractivity contribution in [1.82, 2.24) is 0 Å². The lowest BCUT2D eigenvalue weighted by molar-refractivity contribution is 0.146. The van der Waals surface area contributed by atoms with Gasteiger partial charge in [0, 0.05) is 14.2 Å². The quantitative estimate of drug-likeness (QED) is 0.706. The highest BCUT2D eigenvalue weighted by Gasteiger charge is 2.15. The summed E-state index contributed by atoms with van der Waals surface area (Å²) in [6.45, 7) is 8.21. The molecule has 1 aromatic rings. The Morgan fingerprint density at radius 1 is 1.10 bits per heavy atom. The highest BCUT2D eigenvalue weighted by molar-refractivity contribution is 5.58. The van der Waals surface area contributed by atoms with Crippen LogP contribution in [0.25, 0.3) is 0 Å². The number of methoxy groups -OCH3 is 2. The number of nitrogens with one attached hydrogen (secondary N) is 1. The first kappa shape index (κ1) is 16.8. The van der Waals surface area contributed by atoms with Crippen molar-refractivity contribution in [3.63, 3.8) is 0 Å². The standard InChI is InChI=1S/C16H27NO3/c1-12(2)15(11-19-5)17-14-7-6-13(3)10-16(14)20-9-8-18-4/h6-7,10,12,15,17H,8-9,11H2,1-5H3. The average molecular weight is 281 g/mol. The van der Waals surface area contributed by atoms with Crippen LogP contribution in [0.3, 0.4) is 0 Å². The van der Waals surface area contributed by atoms with Crippen molar-refractivity contribution in [1.29, 1.82) is 0 Å². The van der Waals surface area contributed by atoms with Gasteiger partial charge in [0.2, 0.25) is 0 Å². The molecule has 0 saturated heterocycles. The van der Waals surface area contributed by atoms with E-state index in [2.05, 4.69) is 38.2 Å². The van der Waals surface area contributed by atoms with Crippen molar-refractivity contribution in [2.45, 2.75) is 26.8 Å². The van der Waals surface area contributed by atoms with E-state index in [0.717, 1.165) is 11.4 Å². The minimum absolute atomic E-state index is 0.257. The molecular weight excluding hydrogens is 254 g/mol. The number of benzene rings is 1. The van der Waals surface area contributed by atoms with E-state index in [4.69, 9.17) is 14.2 Å². The number of ether oxygens (including phenoxy) is 3. The van der Waals surface area contributed by atoms with E-state index in [9.17, 15) is 0 Å². The van der Waals surface area contributed by atoms with E-state index >= 15 is 0 Å². The normalized spacial score (nSPS) is 12.5. The monoisotopic (exact) mass is 281 g/mol. The molecule has 1 atom stereocenters. The molecule has 0 aromatic heterocycles. The maximum Gasteiger partial charge on any atom is 0.142 e. The van der Waals surface area contributed by atoms with Gasteiger partial charge in [-0.3, -0.25) is 0 Å². The summed E-state index contributed by atoms with van der Waals surface area (Å²) in [4.78, 5) is 0. The van der Waals surface area contributed by atoms with Gasteiger partial charge >= 0.3 is 0 Å². The highest BCUT2D eigenvalue weighted by Crippen LogP contribution is 2.27. The van der Waals surface area contributed by atoms with Gasteiger partial charge in [0.15, 0.2) is 0 Å². The predicted molar refractivity (Wildman–Crippen MR) is 82.7 cm³/mol. The Bertz CT molecular complexity index is 393. The zero-order valence-electron chi connectivity index (χ0n) is 13.2. The number of aryl methyl sites for hydroxylation is 1. The molecule has 1 N–H and O–H groups in total. The largest absolute Gasteiger partial charge is 0.489 e. The number of hydrogen-bond donors (Lipinski definition) is 1. The summed E-state index contributed by atoms with van der Waals surface area (Å²) < 4.78 is 16.1. The smallest absolute Gasteiger partial charge is 0.142 e. The lowest BCUT2D eigenvalue weighted by Crippen LogP contribution is -2.30. The molecule has 0 aliphatic rings. The second kappa shape index (κ2) is 8.82. The van der Waals surface area contributed by atoms with Crippen LogP contribution < -0.4 is 10.1 Å². The van der Waals surface area contributed by atoms with Crippen molar-refractivity contribution in [3.8, 4) is 5.75 Å². The highest BCUT2D eigenvalue weighted by atomic mass is 16.5. The molecule has 114 valence electrons. The Balaban J connectivity index is 2.80. The molecule has 0 aliphatic carbocycles. The number of anilines is 1. The van der Waals surface area contributed by atoms with Crippen LogP contribution in [0, 0.1) is 12.8 Å². The first-order valence-electron chi connectivity index (χ1n) is 7.06.